The largest absolute Gasteiger partial charge is 0.497 e. The van der Waals surface area contributed by atoms with Gasteiger partial charge in [-0.3, -0.25) is 0 Å². The first-order valence-electron chi connectivity index (χ1n) is 5.91. The van der Waals surface area contributed by atoms with Crippen molar-refractivity contribution in [3.05, 3.63) is 66.2 Å². The van der Waals surface area contributed by atoms with Gasteiger partial charge in [-0.15, -0.1) is 0 Å². The zero-order valence-electron chi connectivity index (χ0n) is 10.2. The minimum Gasteiger partial charge on any atom is -0.497 e. The second-order valence-electron chi connectivity index (χ2n) is 4.20. The van der Waals surface area contributed by atoms with Crippen LogP contribution in [-0.2, 0) is 6.42 Å². The number of imidazole rings is 1. The Balaban J connectivity index is 1.96. The molecule has 0 aliphatic heterocycles. The molecule has 3 rings (SSSR count). The van der Waals surface area contributed by atoms with E-state index in [9.17, 15) is 0 Å². The molecule has 0 spiro atoms. The van der Waals surface area contributed by atoms with Crippen LogP contribution in [0.25, 0.3) is 5.52 Å². The molecular formula is C15H14N2O. The predicted molar refractivity (Wildman–Crippen MR) is 71.0 cm³/mol. The van der Waals surface area contributed by atoms with Crippen molar-refractivity contribution in [2.45, 2.75) is 6.42 Å². The molecule has 3 nitrogen and oxygen atoms in total. The van der Waals surface area contributed by atoms with Gasteiger partial charge in [-0.05, 0) is 29.8 Å². The summed E-state index contributed by atoms with van der Waals surface area (Å²) in [5.74, 6) is 1.92. The second-order valence-corrected chi connectivity index (χ2v) is 4.20. The Morgan fingerprint density at radius 2 is 2.11 bits per heavy atom. The van der Waals surface area contributed by atoms with E-state index in [0.29, 0.717) is 0 Å². The van der Waals surface area contributed by atoms with Crippen molar-refractivity contribution in [2.24, 2.45) is 0 Å². The van der Waals surface area contributed by atoms with Gasteiger partial charge >= 0.3 is 0 Å². The van der Waals surface area contributed by atoms with Crippen LogP contribution in [0.5, 0.6) is 5.75 Å². The summed E-state index contributed by atoms with van der Waals surface area (Å²) >= 11 is 0. The molecular weight excluding hydrogens is 224 g/mol. The quantitative estimate of drug-likeness (QED) is 0.701. The lowest BCUT2D eigenvalue weighted by atomic mass is 10.1. The van der Waals surface area contributed by atoms with Gasteiger partial charge in [-0.1, -0.05) is 18.2 Å². The topological polar surface area (TPSA) is 26.5 Å². The molecule has 0 saturated heterocycles. The van der Waals surface area contributed by atoms with E-state index in [1.165, 1.54) is 5.56 Å². The highest BCUT2D eigenvalue weighted by Crippen LogP contribution is 2.16. The molecule has 3 heteroatoms. The summed E-state index contributed by atoms with van der Waals surface area (Å²) in [7, 11) is 1.68. The van der Waals surface area contributed by atoms with E-state index < -0.39 is 0 Å². The molecule has 2 aromatic heterocycles. The second kappa shape index (κ2) is 4.53. The van der Waals surface area contributed by atoms with Crippen LogP contribution in [0, 0.1) is 0 Å². The van der Waals surface area contributed by atoms with Gasteiger partial charge in [0.2, 0.25) is 0 Å². The Hall–Kier alpha value is -2.29. The molecule has 0 atom stereocenters. The van der Waals surface area contributed by atoms with E-state index in [2.05, 4.69) is 21.5 Å². The molecule has 90 valence electrons. The Kier molecular flexibility index (Phi) is 2.73. The molecule has 0 aliphatic carbocycles. The minimum atomic E-state index is 0.801. The van der Waals surface area contributed by atoms with Gasteiger partial charge in [0.15, 0.2) is 0 Å². The van der Waals surface area contributed by atoms with Gasteiger partial charge in [-0.25, -0.2) is 4.98 Å². The van der Waals surface area contributed by atoms with Crippen molar-refractivity contribution in [3.63, 3.8) is 0 Å². The van der Waals surface area contributed by atoms with Crippen LogP contribution in [0.1, 0.15) is 11.4 Å². The van der Waals surface area contributed by atoms with Crippen LogP contribution in [0.4, 0.5) is 0 Å². The van der Waals surface area contributed by atoms with Gasteiger partial charge in [0.1, 0.15) is 11.6 Å². The van der Waals surface area contributed by atoms with Gasteiger partial charge < -0.3 is 9.14 Å². The number of aromatic nitrogens is 2. The van der Waals surface area contributed by atoms with Crippen molar-refractivity contribution >= 4 is 5.52 Å². The molecule has 0 unspecified atom stereocenters. The molecule has 0 N–H and O–H groups in total. The highest BCUT2D eigenvalue weighted by atomic mass is 16.5. The van der Waals surface area contributed by atoms with Gasteiger partial charge in [-0.2, -0.15) is 0 Å². The summed E-state index contributed by atoms with van der Waals surface area (Å²) in [6.45, 7) is 0. The lowest BCUT2D eigenvalue weighted by Gasteiger charge is -2.04. The average molecular weight is 238 g/mol. The van der Waals surface area contributed by atoms with Gasteiger partial charge in [0.25, 0.3) is 0 Å². The molecule has 1 aromatic carbocycles. The number of hydrogen-bond donors (Lipinski definition) is 0. The average Bonchev–Trinajstić information content (AvgIpc) is 2.83. The molecule has 2 heterocycles. The maximum Gasteiger partial charge on any atom is 0.119 e. The Morgan fingerprint density at radius 3 is 3.00 bits per heavy atom. The zero-order chi connectivity index (χ0) is 12.4. The first kappa shape index (κ1) is 10.8. The number of fused-ring (bicyclic) bond motifs is 1. The number of ether oxygens (including phenoxy) is 1. The summed E-state index contributed by atoms with van der Waals surface area (Å²) in [6, 6.07) is 14.2. The number of nitrogens with zero attached hydrogens (tertiary/aromatic N) is 2. The van der Waals surface area contributed by atoms with E-state index in [1.54, 1.807) is 7.11 Å². The molecule has 0 amide bonds. The van der Waals surface area contributed by atoms with E-state index in [4.69, 9.17) is 4.74 Å². The van der Waals surface area contributed by atoms with Crippen molar-refractivity contribution in [1.29, 1.82) is 0 Å². The predicted octanol–water partition coefficient (Wildman–Crippen LogP) is 2.93. The van der Waals surface area contributed by atoms with Crippen LogP contribution in [-0.4, -0.2) is 16.5 Å². The monoisotopic (exact) mass is 238 g/mol. The third-order valence-electron chi connectivity index (χ3n) is 3.01. The van der Waals surface area contributed by atoms with Crippen LogP contribution in [0.2, 0.25) is 0 Å². The molecule has 0 fully saturated rings. The Labute approximate surface area is 106 Å². The van der Waals surface area contributed by atoms with E-state index in [-0.39, 0.29) is 0 Å². The normalized spacial score (nSPS) is 10.7. The lowest BCUT2D eigenvalue weighted by Crippen LogP contribution is -1.96. The van der Waals surface area contributed by atoms with Crippen molar-refractivity contribution in [3.8, 4) is 5.75 Å². The molecule has 0 saturated carbocycles. The highest BCUT2D eigenvalue weighted by Gasteiger charge is 2.04. The summed E-state index contributed by atoms with van der Waals surface area (Å²) in [5.41, 5.74) is 2.32. The van der Waals surface area contributed by atoms with Gasteiger partial charge in [0.05, 0.1) is 18.8 Å². The summed E-state index contributed by atoms with van der Waals surface area (Å²) < 4.78 is 7.34. The summed E-state index contributed by atoms with van der Waals surface area (Å²) in [5, 5.41) is 0. The van der Waals surface area contributed by atoms with Crippen molar-refractivity contribution in [1.82, 2.24) is 9.38 Å². The fraction of sp³-hybridized carbons (Fsp3) is 0.133. The molecule has 3 aromatic rings. The maximum atomic E-state index is 5.23. The van der Waals surface area contributed by atoms with Crippen molar-refractivity contribution in [2.75, 3.05) is 7.11 Å². The Morgan fingerprint density at radius 1 is 1.17 bits per heavy atom. The van der Waals surface area contributed by atoms with E-state index in [0.717, 1.165) is 23.5 Å². The first-order valence-corrected chi connectivity index (χ1v) is 5.91. The smallest absolute Gasteiger partial charge is 0.119 e. The molecule has 0 aliphatic rings. The lowest BCUT2D eigenvalue weighted by molar-refractivity contribution is 0.414. The van der Waals surface area contributed by atoms with Crippen LogP contribution >= 0.6 is 0 Å². The van der Waals surface area contributed by atoms with Crippen LogP contribution in [0.3, 0.4) is 0 Å². The minimum absolute atomic E-state index is 0.801. The number of benzene rings is 1. The number of hydrogen-bond acceptors (Lipinski definition) is 2. The third-order valence-corrected chi connectivity index (χ3v) is 3.01. The van der Waals surface area contributed by atoms with E-state index >= 15 is 0 Å². The van der Waals surface area contributed by atoms with Crippen LogP contribution < -0.4 is 4.74 Å². The molecule has 18 heavy (non-hydrogen) atoms. The highest BCUT2D eigenvalue weighted by molar-refractivity contribution is 5.46. The van der Waals surface area contributed by atoms with E-state index in [1.807, 2.05) is 42.7 Å². The van der Waals surface area contributed by atoms with Crippen LogP contribution in [0.15, 0.2) is 54.9 Å². The number of methoxy groups -OCH3 is 1. The fourth-order valence-electron chi connectivity index (χ4n) is 2.10. The summed E-state index contributed by atoms with van der Waals surface area (Å²) in [4.78, 5) is 4.47. The Bertz CT molecular complexity index is 673. The third kappa shape index (κ3) is 1.95. The van der Waals surface area contributed by atoms with Crippen molar-refractivity contribution < 1.29 is 4.74 Å². The number of pyridine rings is 1. The molecule has 0 bridgehead atoms. The number of rotatable bonds is 3. The SMILES string of the molecule is COc1cccc(Cc2ncc3ccccn23)c1. The zero-order valence-corrected chi connectivity index (χ0v) is 10.2. The fourth-order valence-corrected chi connectivity index (χ4v) is 2.10. The first-order chi connectivity index (χ1) is 8.86. The van der Waals surface area contributed by atoms with Gasteiger partial charge in [0, 0.05) is 12.6 Å². The maximum absolute atomic E-state index is 5.23. The standard InChI is InChI=1S/C15H14N2O/c1-18-14-7-4-5-12(9-14)10-15-16-11-13-6-2-3-8-17(13)15/h2-9,11H,10H2,1H3. The molecule has 0 radical (unpaired) electrons. The summed E-state index contributed by atoms with van der Waals surface area (Å²) in [6.07, 6.45) is 4.74.